The largest absolute Gasteiger partial charge is 0.359 e. The van der Waals surface area contributed by atoms with E-state index in [1.165, 1.54) is 11.9 Å². The lowest BCUT2D eigenvalue weighted by atomic mass is 10.1. The summed E-state index contributed by atoms with van der Waals surface area (Å²) in [5.41, 5.74) is 1.18. The summed E-state index contributed by atoms with van der Waals surface area (Å²) in [4.78, 5) is 8.30. The number of anilines is 1. The van der Waals surface area contributed by atoms with Gasteiger partial charge in [0.15, 0.2) is 5.82 Å². The van der Waals surface area contributed by atoms with Gasteiger partial charge in [-0.2, -0.15) is 5.21 Å². The number of hydrogen-bond donors (Lipinski definition) is 2. The third-order valence-corrected chi connectivity index (χ3v) is 3.50. The maximum Gasteiger partial charge on any atom is 0.197 e. The highest BCUT2D eigenvalue weighted by atomic mass is 127. The van der Waals surface area contributed by atoms with Gasteiger partial charge >= 0.3 is 0 Å². The number of rotatable bonds is 5. The van der Waals surface area contributed by atoms with Gasteiger partial charge in [-0.25, -0.2) is 9.97 Å². The zero-order valence-corrected chi connectivity index (χ0v) is 13.1. The van der Waals surface area contributed by atoms with E-state index < -0.39 is 0 Å². The quantitative estimate of drug-likeness (QED) is 0.509. The monoisotopic (exact) mass is 393 g/mol. The Morgan fingerprint density at radius 1 is 1.19 bits per heavy atom. The predicted octanol–water partition coefficient (Wildman–Crippen LogP) is 1.99. The first-order valence-electron chi connectivity index (χ1n) is 6.32. The van der Waals surface area contributed by atoms with E-state index in [2.05, 4.69) is 70.6 Å². The molecule has 0 amide bonds. The number of benzene rings is 1. The molecule has 1 aromatic carbocycles. The Kier molecular flexibility index (Phi) is 4.34. The minimum Gasteiger partial charge on any atom is -0.359 e. The number of aromatic nitrogens is 6. The fourth-order valence-corrected chi connectivity index (χ4v) is 2.38. The zero-order valence-electron chi connectivity index (χ0n) is 10.9. The van der Waals surface area contributed by atoms with Crippen LogP contribution in [0.1, 0.15) is 17.4 Å². The molecule has 0 saturated carbocycles. The van der Waals surface area contributed by atoms with E-state index in [0.29, 0.717) is 5.82 Å². The fraction of sp³-hybridized carbons (Fsp3) is 0.154. The maximum atomic E-state index is 4.22. The topological polar surface area (TPSA) is 92.3 Å². The van der Waals surface area contributed by atoms with Crippen LogP contribution < -0.4 is 5.32 Å². The minimum absolute atomic E-state index is 0.114. The highest BCUT2D eigenvalue weighted by Gasteiger charge is 2.17. The summed E-state index contributed by atoms with van der Waals surface area (Å²) >= 11 is 2.15. The second-order valence-corrected chi connectivity index (χ2v) is 5.49. The van der Waals surface area contributed by atoms with Crippen molar-refractivity contribution in [1.29, 1.82) is 0 Å². The Morgan fingerprint density at radius 2 is 2.05 bits per heavy atom. The Labute approximate surface area is 134 Å². The summed E-state index contributed by atoms with van der Waals surface area (Å²) in [6.07, 6.45) is 2.26. The molecule has 8 heteroatoms. The molecular formula is C13H12IN7. The van der Waals surface area contributed by atoms with Crippen LogP contribution in [0.2, 0.25) is 0 Å². The molecule has 0 fully saturated rings. The number of hydrogen-bond acceptors (Lipinski definition) is 6. The van der Waals surface area contributed by atoms with Crippen molar-refractivity contribution in [1.82, 2.24) is 30.6 Å². The smallest absolute Gasteiger partial charge is 0.197 e. The van der Waals surface area contributed by atoms with Crippen LogP contribution >= 0.6 is 22.6 Å². The molecule has 0 radical (unpaired) electrons. The molecule has 0 saturated heterocycles. The van der Waals surface area contributed by atoms with E-state index in [1.54, 1.807) is 0 Å². The summed E-state index contributed by atoms with van der Waals surface area (Å²) in [6, 6.07) is 11.9. The van der Waals surface area contributed by atoms with Crippen molar-refractivity contribution in [2.75, 3.05) is 5.32 Å². The molecule has 106 valence electrons. The van der Waals surface area contributed by atoms with Gasteiger partial charge in [-0.1, -0.05) is 35.5 Å². The Morgan fingerprint density at radius 3 is 2.76 bits per heavy atom. The summed E-state index contributed by atoms with van der Waals surface area (Å²) in [5.74, 6) is 1.34. The van der Waals surface area contributed by atoms with Gasteiger partial charge < -0.3 is 5.32 Å². The molecular weight excluding hydrogens is 381 g/mol. The lowest BCUT2D eigenvalue weighted by molar-refractivity contribution is 0.710. The third kappa shape index (κ3) is 3.72. The van der Waals surface area contributed by atoms with Gasteiger partial charge in [-0.15, -0.1) is 10.2 Å². The maximum absolute atomic E-state index is 4.22. The lowest BCUT2D eigenvalue weighted by Crippen LogP contribution is -2.16. The summed E-state index contributed by atoms with van der Waals surface area (Å²) < 4.78 is 0.872. The van der Waals surface area contributed by atoms with Crippen LogP contribution in [-0.4, -0.2) is 30.6 Å². The Bertz CT molecular complexity index is 687. The highest BCUT2D eigenvalue weighted by Crippen LogP contribution is 2.19. The van der Waals surface area contributed by atoms with Crippen molar-refractivity contribution in [2.24, 2.45) is 0 Å². The molecule has 7 nitrogen and oxygen atoms in total. The highest BCUT2D eigenvalue weighted by molar-refractivity contribution is 14.1. The van der Waals surface area contributed by atoms with E-state index in [0.717, 1.165) is 15.9 Å². The normalized spacial score (nSPS) is 12.0. The van der Waals surface area contributed by atoms with Gasteiger partial charge in [0.1, 0.15) is 15.8 Å². The Hall–Kier alpha value is -2.10. The minimum atomic E-state index is -0.114. The average molecular weight is 393 g/mol. The van der Waals surface area contributed by atoms with Crippen LogP contribution in [0.15, 0.2) is 42.7 Å². The molecule has 0 aliphatic heterocycles. The third-order valence-electron chi connectivity index (χ3n) is 2.91. The van der Waals surface area contributed by atoms with Gasteiger partial charge in [-0.3, -0.25) is 0 Å². The molecule has 3 rings (SSSR count). The van der Waals surface area contributed by atoms with Crippen molar-refractivity contribution >= 4 is 28.4 Å². The van der Waals surface area contributed by atoms with Gasteiger partial charge in [0.2, 0.25) is 0 Å². The van der Waals surface area contributed by atoms with E-state index in [-0.39, 0.29) is 6.04 Å². The van der Waals surface area contributed by atoms with E-state index in [9.17, 15) is 0 Å². The number of nitrogens with zero attached hydrogens (tertiary/aromatic N) is 5. The summed E-state index contributed by atoms with van der Waals surface area (Å²) in [5, 5.41) is 17.6. The zero-order chi connectivity index (χ0) is 14.5. The van der Waals surface area contributed by atoms with Crippen molar-refractivity contribution in [3.05, 3.63) is 57.8 Å². The first kappa shape index (κ1) is 13.9. The van der Waals surface area contributed by atoms with E-state index in [1.807, 2.05) is 24.3 Å². The number of nitrogens with one attached hydrogen (secondary N) is 2. The molecule has 0 bridgehead atoms. The number of H-pyrrole nitrogens is 1. The van der Waals surface area contributed by atoms with E-state index in [4.69, 9.17) is 0 Å². The van der Waals surface area contributed by atoms with Crippen LogP contribution in [0.3, 0.4) is 0 Å². The van der Waals surface area contributed by atoms with Crippen LogP contribution in [0.5, 0.6) is 0 Å². The molecule has 0 aliphatic rings. The van der Waals surface area contributed by atoms with Crippen LogP contribution in [0, 0.1) is 3.70 Å². The molecule has 2 aromatic heterocycles. The van der Waals surface area contributed by atoms with Gasteiger partial charge in [-0.05, 0) is 28.2 Å². The van der Waals surface area contributed by atoms with Gasteiger partial charge in [0.25, 0.3) is 0 Å². The average Bonchev–Trinajstić information content (AvgIpc) is 3.02. The fourth-order valence-electron chi connectivity index (χ4n) is 1.96. The Balaban J connectivity index is 1.83. The molecule has 2 heterocycles. The first-order valence-corrected chi connectivity index (χ1v) is 7.40. The van der Waals surface area contributed by atoms with E-state index >= 15 is 0 Å². The molecule has 1 atom stereocenters. The molecule has 0 spiro atoms. The predicted molar refractivity (Wildman–Crippen MR) is 85.4 cm³/mol. The molecule has 1 unspecified atom stereocenters. The van der Waals surface area contributed by atoms with Crippen LogP contribution in [0.25, 0.3) is 0 Å². The van der Waals surface area contributed by atoms with Crippen molar-refractivity contribution in [3.63, 3.8) is 0 Å². The van der Waals surface area contributed by atoms with Gasteiger partial charge in [0, 0.05) is 12.5 Å². The van der Waals surface area contributed by atoms with Crippen molar-refractivity contribution in [3.8, 4) is 0 Å². The molecule has 0 aliphatic carbocycles. The second kappa shape index (κ2) is 6.57. The van der Waals surface area contributed by atoms with Gasteiger partial charge in [0.05, 0.1) is 6.04 Å². The summed E-state index contributed by atoms with van der Waals surface area (Å²) in [7, 11) is 0. The number of halogens is 1. The number of tetrazole rings is 1. The van der Waals surface area contributed by atoms with Crippen LogP contribution in [-0.2, 0) is 6.42 Å². The second-order valence-electron chi connectivity index (χ2n) is 4.38. The van der Waals surface area contributed by atoms with Crippen molar-refractivity contribution in [2.45, 2.75) is 12.5 Å². The summed E-state index contributed by atoms with van der Waals surface area (Å²) in [6.45, 7) is 0. The molecule has 2 N–H and O–H groups in total. The SMILES string of the molecule is Ic1cc(NC(Cc2ccccc2)c2nn[nH]n2)ncn1. The molecule has 3 aromatic rings. The number of aromatic amines is 1. The molecule has 21 heavy (non-hydrogen) atoms. The standard InChI is InChI=1S/C13H12IN7/c14-11-7-12(16-8-15-11)17-10(13-18-20-21-19-13)6-9-4-2-1-3-5-9/h1-5,7-8,10H,6H2,(H,15,16,17)(H,18,19,20,21). The first-order chi connectivity index (χ1) is 10.3. The van der Waals surface area contributed by atoms with Crippen molar-refractivity contribution < 1.29 is 0 Å². The van der Waals surface area contributed by atoms with Crippen LogP contribution in [0.4, 0.5) is 5.82 Å². The lowest BCUT2D eigenvalue weighted by Gasteiger charge is -2.16.